The van der Waals surface area contributed by atoms with E-state index in [0.29, 0.717) is 13.2 Å². The molecule has 0 aliphatic heterocycles. The molecule has 8 nitrogen and oxygen atoms in total. The lowest BCUT2D eigenvalue weighted by atomic mass is 10.1. The summed E-state index contributed by atoms with van der Waals surface area (Å²) >= 11 is 0. The second kappa shape index (κ2) is 7.41. The molecule has 0 fully saturated rings. The van der Waals surface area contributed by atoms with Crippen LogP contribution < -0.4 is 4.90 Å². The third kappa shape index (κ3) is 3.65. The summed E-state index contributed by atoms with van der Waals surface area (Å²) < 4.78 is 4.91. The molecular formula is C12H16N2O6. The van der Waals surface area contributed by atoms with Gasteiger partial charge in [0.25, 0.3) is 0 Å². The number of para-hydroxylation sites is 1. The molecule has 0 aliphatic carbocycles. The Kier molecular flexibility index (Phi) is 5.88. The SMILES string of the molecule is COCCN(CCO)c1cccc(C(=O)O)c1[N+](=O)[O-]. The molecule has 0 aromatic heterocycles. The molecule has 0 aliphatic rings. The van der Waals surface area contributed by atoms with Crippen LogP contribution in [0.25, 0.3) is 0 Å². The van der Waals surface area contributed by atoms with Gasteiger partial charge in [-0.15, -0.1) is 0 Å². The van der Waals surface area contributed by atoms with Gasteiger partial charge in [-0.3, -0.25) is 10.1 Å². The summed E-state index contributed by atoms with van der Waals surface area (Å²) in [5.41, 5.74) is -0.710. The normalized spacial score (nSPS) is 10.3. The van der Waals surface area contributed by atoms with Gasteiger partial charge in [0.1, 0.15) is 11.3 Å². The lowest BCUT2D eigenvalue weighted by Crippen LogP contribution is -2.31. The predicted molar refractivity (Wildman–Crippen MR) is 71.2 cm³/mol. The Morgan fingerprint density at radius 3 is 2.65 bits per heavy atom. The maximum Gasteiger partial charge on any atom is 0.342 e. The number of nitro groups is 1. The standard InChI is InChI=1S/C12H16N2O6/c1-20-8-6-13(5-7-15)10-4-2-3-9(12(16)17)11(10)14(18)19/h2-4,15H,5-8H2,1H3,(H,16,17). The van der Waals surface area contributed by atoms with Crippen molar-refractivity contribution in [1.82, 2.24) is 0 Å². The van der Waals surface area contributed by atoms with Crippen LogP contribution in [0.15, 0.2) is 18.2 Å². The first kappa shape index (κ1) is 15.9. The summed E-state index contributed by atoms with van der Waals surface area (Å²) in [5.74, 6) is -1.37. The number of carbonyl (C=O) groups is 1. The molecule has 110 valence electrons. The minimum absolute atomic E-state index is 0.146. The van der Waals surface area contributed by atoms with Crippen LogP contribution in [-0.4, -0.2) is 54.5 Å². The Morgan fingerprint density at radius 2 is 2.15 bits per heavy atom. The van der Waals surface area contributed by atoms with Crippen molar-refractivity contribution in [3.05, 3.63) is 33.9 Å². The van der Waals surface area contributed by atoms with E-state index in [-0.39, 0.29) is 24.4 Å². The van der Waals surface area contributed by atoms with Gasteiger partial charge in [0.15, 0.2) is 0 Å². The lowest BCUT2D eigenvalue weighted by Gasteiger charge is -2.23. The van der Waals surface area contributed by atoms with Crippen LogP contribution in [0.5, 0.6) is 0 Å². The predicted octanol–water partition coefficient (Wildman–Crippen LogP) is 0.738. The fraction of sp³-hybridized carbons (Fsp3) is 0.417. The van der Waals surface area contributed by atoms with E-state index in [9.17, 15) is 14.9 Å². The number of carboxylic acids is 1. The number of aliphatic hydroxyl groups is 1. The number of nitro benzene ring substituents is 1. The zero-order chi connectivity index (χ0) is 15.1. The second-order valence-electron chi connectivity index (χ2n) is 3.94. The summed E-state index contributed by atoms with van der Waals surface area (Å²) in [6.07, 6.45) is 0. The van der Waals surface area contributed by atoms with Crippen LogP contribution in [0.3, 0.4) is 0 Å². The second-order valence-corrected chi connectivity index (χ2v) is 3.94. The maximum absolute atomic E-state index is 11.2. The average molecular weight is 284 g/mol. The summed E-state index contributed by atoms with van der Waals surface area (Å²) in [6, 6.07) is 4.07. The van der Waals surface area contributed by atoms with E-state index in [0.717, 1.165) is 0 Å². The number of hydrogen-bond acceptors (Lipinski definition) is 6. The molecule has 0 spiro atoms. The Bertz CT molecular complexity index is 491. The van der Waals surface area contributed by atoms with Crippen LogP contribution in [0.4, 0.5) is 11.4 Å². The van der Waals surface area contributed by atoms with Crippen molar-refractivity contribution in [3.8, 4) is 0 Å². The number of nitrogens with zero attached hydrogens (tertiary/aromatic N) is 2. The fourth-order valence-electron chi connectivity index (χ4n) is 1.83. The number of carboxylic acid groups (broad SMARTS) is 1. The van der Waals surface area contributed by atoms with Crippen molar-refractivity contribution in [1.29, 1.82) is 0 Å². The first-order valence-electron chi connectivity index (χ1n) is 5.88. The lowest BCUT2D eigenvalue weighted by molar-refractivity contribution is -0.384. The van der Waals surface area contributed by atoms with Gasteiger partial charge in [-0.2, -0.15) is 0 Å². The van der Waals surface area contributed by atoms with Gasteiger partial charge < -0.3 is 19.8 Å². The number of aromatic carboxylic acids is 1. The average Bonchev–Trinajstić information content (AvgIpc) is 2.42. The number of benzene rings is 1. The van der Waals surface area contributed by atoms with E-state index in [2.05, 4.69) is 0 Å². The molecule has 1 aromatic carbocycles. The van der Waals surface area contributed by atoms with E-state index >= 15 is 0 Å². The maximum atomic E-state index is 11.2. The zero-order valence-electron chi connectivity index (χ0n) is 11.0. The van der Waals surface area contributed by atoms with Gasteiger partial charge in [-0.1, -0.05) is 6.07 Å². The minimum Gasteiger partial charge on any atom is -0.477 e. The first-order chi connectivity index (χ1) is 9.52. The molecule has 0 heterocycles. The van der Waals surface area contributed by atoms with Gasteiger partial charge in [0.05, 0.1) is 18.1 Å². The highest BCUT2D eigenvalue weighted by molar-refractivity contribution is 5.95. The number of aliphatic hydroxyl groups excluding tert-OH is 1. The smallest absolute Gasteiger partial charge is 0.342 e. The topological polar surface area (TPSA) is 113 Å². The van der Waals surface area contributed by atoms with Crippen molar-refractivity contribution >= 4 is 17.3 Å². The summed E-state index contributed by atoms with van der Waals surface area (Å²) in [5, 5.41) is 29.2. The summed E-state index contributed by atoms with van der Waals surface area (Å²) in [6.45, 7) is 0.543. The molecule has 8 heteroatoms. The van der Waals surface area contributed by atoms with Crippen LogP contribution >= 0.6 is 0 Å². The van der Waals surface area contributed by atoms with Crippen molar-refractivity contribution in [2.75, 3.05) is 38.3 Å². The van der Waals surface area contributed by atoms with Gasteiger partial charge in [0.2, 0.25) is 0 Å². The van der Waals surface area contributed by atoms with Crippen LogP contribution in [0.2, 0.25) is 0 Å². The minimum atomic E-state index is -1.37. The van der Waals surface area contributed by atoms with Crippen molar-refractivity contribution in [2.45, 2.75) is 0 Å². The Balaban J connectivity index is 3.28. The first-order valence-corrected chi connectivity index (χ1v) is 5.88. The van der Waals surface area contributed by atoms with E-state index in [1.807, 2.05) is 0 Å². The number of rotatable bonds is 8. The quantitative estimate of drug-likeness (QED) is 0.534. The van der Waals surface area contributed by atoms with Gasteiger partial charge in [-0.05, 0) is 12.1 Å². The van der Waals surface area contributed by atoms with E-state index < -0.39 is 16.6 Å². The number of methoxy groups -OCH3 is 1. The number of ether oxygens (including phenoxy) is 1. The largest absolute Gasteiger partial charge is 0.477 e. The van der Waals surface area contributed by atoms with Crippen LogP contribution in [0.1, 0.15) is 10.4 Å². The summed E-state index contributed by atoms with van der Waals surface area (Å²) in [4.78, 5) is 23.0. The number of anilines is 1. The van der Waals surface area contributed by atoms with Crippen molar-refractivity contribution in [3.63, 3.8) is 0 Å². The molecule has 20 heavy (non-hydrogen) atoms. The van der Waals surface area contributed by atoms with Gasteiger partial charge in [-0.25, -0.2) is 4.79 Å². The fourth-order valence-corrected chi connectivity index (χ4v) is 1.83. The highest BCUT2D eigenvalue weighted by atomic mass is 16.6. The Hall–Kier alpha value is -2.19. The molecule has 0 atom stereocenters. The molecule has 0 radical (unpaired) electrons. The van der Waals surface area contributed by atoms with Crippen molar-refractivity contribution in [2.24, 2.45) is 0 Å². The molecule has 0 saturated heterocycles. The van der Waals surface area contributed by atoms with Crippen LogP contribution in [0, 0.1) is 10.1 Å². The third-order valence-electron chi connectivity index (χ3n) is 2.70. The van der Waals surface area contributed by atoms with E-state index in [1.54, 1.807) is 0 Å². The highest BCUT2D eigenvalue weighted by Crippen LogP contribution is 2.31. The van der Waals surface area contributed by atoms with Crippen LogP contribution in [-0.2, 0) is 4.74 Å². The molecule has 2 N–H and O–H groups in total. The highest BCUT2D eigenvalue weighted by Gasteiger charge is 2.26. The summed E-state index contributed by atoms with van der Waals surface area (Å²) in [7, 11) is 1.49. The van der Waals surface area contributed by atoms with Crippen molar-refractivity contribution < 1.29 is 24.7 Å². The Labute approximate surface area is 115 Å². The molecule has 1 rings (SSSR count). The zero-order valence-corrected chi connectivity index (χ0v) is 11.0. The van der Waals surface area contributed by atoms with Gasteiger partial charge >= 0.3 is 11.7 Å². The molecular weight excluding hydrogens is 268 g/mol. The monoisotopic (exact) mass is 284 g/mol. The van der Waals surface area contributed by atoms with E-state index in [1.165, 1.54) is 30.2 Å². The van der Waals surface area contributed by atoms with E-state index in [4.69, 9.17) is 14.9 Å². The van der Waals surface area contributed by atoms with Gasteiger partial charge in [0, 0.05) is 20.2 Å². The number of hydrogen-bond donors (Lipinski definition) is 2. The Morgan fingerprint density at radius 1 is 1.45 bits per heavy atom. The molecule has 0 unspecified atom stereocenters. The molecule has 1 aromatic rings. The molecule has 0 bridgehead atoms. The molecule has 0 saturated carbocycles. The third-order valence-corrected chi connectivity index (χ3v) is 2.70. The molecule has 0 amide bonds.